The molecule has 1 aliphatic heterocycles. The van der Waals surface area contributed by atoms with Crippen LogP contribution in [-0.2, 0) is 14.2 Å². The van der Waals surface area contributed by atoms with E-state index in [1.54, 1.807) is 0 Å². The van der Waals surface area contributed by atoms with E-state index >= 15 is 0 Å². The van der Waals surface area contributed by atoms with Crippen LogP contribution in [0.4, 0.5) is 0 Å². The Morgan fingerprint density at radius 1 is 0.628 bits per heavy atom. The lowest BCUT2D eigenvalue weighted by Gasteiger charge is -2.26. The van der Waals surface area contributed by atoms with Gasteiger partial charge in [0.25, 0.3) is 0 Å². The third-order valence-electron chi connectivity index (χ3n) is 8.75. The summed E-state index contributed by atoms with van der Waals surface area (Å²) in [7, 11) is 0. The number of hydrogen-bond donors (Lipinski definition) is 2. The number of aliphatic hydroxyl groups excluding tert-OH is 2. The first-order valence-electron chi connectivity index (χ1n) is 18.3. The summed E-state index contributed by atoms with van der Waals surface area (Å²) in [4.78, 5) is 0. The van der Waals surface area contributed by atoms with E-state index in [1.807, 2.05) is 0 Å². The van der Waals surface area contributed by atoms with Crippen LogP contribution in [0.2, 0.25) is 0 Å². The van der Waals surface area contributed by atoms with Crippen molar-refractivity contribution in [2.45, 2.75) is 205 Å². The van der Waals surface area contributed by atoms with Gasteiger partial charge in [-0.05, 0) is 37.3 Å². The maximum Gasteiger partial charge on any atom is 0.160 e. The lowest BCUT2D eigenvalue weighted by Crippen LogP contribution is -2.43. The van der Waals surface area contributed by atoms with Crippen molar-refractivity contribution < 1.29 is 24.4 Å². The van der Waals surface area contributed by atoms with E-state index in [4.69, 9.17) is 38.6 Å². The minimum Gasteiger partial charge on any atom is -0.479 e. The Morgan fingerprint density at radius 2 is 1.00 bits per heavy atom. The molecule has 43 heavy (non-hydrogen) atoms. The van der Waals surface area contributed by atoms with Gasteiger partial charge in [0, 0.05) is 12.8 Å². The zero-order valence-electron chi connectivity index (χ0n) is 28.0. The first kappa shape index (κ1) is 40.7. The molecule has 1 rings (SSSR count). The van der Waals surface area contributed by atoms with Gasteiger partial charge in [-0.2, -0.15) is 0 Å². The largest absolute Gasteiger partial charge is 0.479 e. The van der Waals surface area contributed by atoms with Gasteiger partial charge in [0.2, 0.25) is 0 Å². The summed E-state index contributed by atoms with van der Waals surface area (Å²) in [6.07, 6.45) is 29.8. The molecule has 0 bridgehead atoms. The zero-order chi connectivity index (χ0) is 31.4. The molecule has 5 nitrogen and oxygen atoms in total. The number of hydrogen-bond acceptors (Lipinski definition) is 7. The average molecular weight is 645 g/mol. The van der Waals surface area contributed by atoms with E-state index in [2.05, 4.69) is 13.8 Å². The second-order valence-corrected chi connectivity index (χ2v) is 13.7. The number of unbranched alkanes of at least 4 members (excludes halogenated alkanes) is 22. The average Bonchev–Trinajstić information content (AvgIpc) is 3.36. The third kappa shape index (κ3) is 21.9. The predicted molar refractivity (Wildman–Crippen MR) is 189 cm³/mol. The van der Waals surface area contributed by atoms with Crippen molar-refractivity contribution in [1.29, 1.82) is 0 Å². The maximum atomic E-state index is 10.8. The number of rotatable bonds is 30. The second-order valence-electron chi connectivity index (χ2n) is 12.8. The van der Waals surface area contributed by atoms with E-state index < -0.39 is 24.4 Å². The van der Waals surface area contributed by atoms with Crippen molar-refractivity contribution in [2.24, 2.45) is 0 Å². The Labute approximate surface area is 276 Å². The summed E-state index contributed by atoms with van der Waals surface area (Å²) >= 11 is 10.9. The van der Waals surface area contributed by atoms with Gasteiger partial charge >= 0.3 is 0 Å². The molecular formula is C36H68O5S2. The fourth-order valence-electron chi connectivity index (χ4n) is 5.93. The molecule has 1 heterocycles. The number of aliphatic hydroxyl groups is 2. The first-order chi connectivity index (χ1) is 21.0. The van der Waals surface area contributed by atoms with Crippen molar-refractivity contribution >= 4 is 34.5 Å². The van der Waals surface area contributed by atoms with Crippen molar-refractivity contribution in [3.05, 3.63) is 0 Å². The molecule has 0 aromatic carbocycles. The van der Waals surface area contributed by atoms with Crippen LogP contribution in [0, 0.1) is 0 Å². The summed E-state index contributed by atoms with van der Waals surface area (Å²) in [5.74, 6) is 0. The van der Waals surface area contributed by atoms with Crippen LogP contribution < -0.4 is 0 Å². The minimum atomic E-state index is -0.911. The SMILES string of the molecule is CCCCCCCCCCCCCCC(=S)O[C@H]1CO[C@@H]([C@@H](CO)OC(=S)CCCCCCCCCCCCCC)[C@H]1O. The van der Waals surface area contributed by atoms with E-state index in [0.717, 1.165) is 32.1 Å². The molecule has 0 aromatic rings. The minimum absolute atomic E-state index is 0.232. The van der Waals surface area contributed by atoms with Gasteiger partial charge < -0.3 is 24.4 Å². The molecule has 0 radical (unpaired) electrons. The van der Waals surface area contributed by atoms with Crippen molar-refractivity contribution in [3.63, 3.8) is 0 Å². The Balaban J connectivity index is 2.08. The Morgan fingerprint density at radius 3 is 1.40 bits per heavy atom. The van der Waals surface area contributed by atoms with Crippen molar-refractivity contribution in [3.8, 4) is 0 Å². The van der Waals surface area contributed by atoms with Gasteiger partial charge in [0.15, 0.2) is 22.3 Å². The van der Waals surface area contributed by atoms with Crippen LogP contribution >= 0.6 is 24.4 Å². The molecule has 0 saturated carbocycles. The lowest BCUT2D eigenvalue weighted by molar-refractivity contribution is -0.0615. The van der Waals surface area contributed by atoms with Gasteiger partial charge in [0.1, 0.15) is 12.2 Å². The molecule has 254 valence electrons. The van der Waals surface area contributed by atoms with Gasteiger partial charge in [-0.1, -0.05) is 155 Å². The van der Waals surface area contributed by atoms with Gasteiger partial charge in [-0.3, -0.25) is 0 Å². The summed E-state index contributed by atoms with van der Waals surface area (Å²) in [5, 5.41) is 21.8. The number of thiocarbonyl (C=S) groups is 2. The molecule has 1 fully saturated rings. The molecule has 1 aliphatic rings. The van der Waals surface area contributed by atoms with E-state index in [9.17, 15) is 10.2 Å². The Hall–Kier alpha value is -0.340. The highest BCUT2D eigenvalue weighted by Crippen LogP contribution is 2.24. The highest BCUT2D eigenvalue weighted by Gasteiger charge is 2.43. The van der Waals surface area contributed by atoms with E-state index in [-0.39, 0.29) is 13.2 Å². The normalized spacial score (nSPS) is 19.0. The standard InChI is InChI=1S/C36H68O5S2/c1-3-5-7-9-11-13-15-17-19-21-23-25-27-33(42)40-31(29-37)36-35(38)32(30-39-36)41-34(43)28-26-24-22-20-18-16-14-12-10-8-6-4-2/h31-32,35-38H,3-30H2,1-2H3/t31-,32+,35+,36+/m1/s1. The lowest BCUT2D eigenvalue weighted by atomic mass is 10.0. The molecule has 0 amide bonds. The first-order valence-corrected chi connectivity index (χ1v) is 19.1. The Kier molecular flexibility index (Phi) is 27.5. The molecule has 7 heteroatoms. The van der Waals surface area contributed by atoms with Crippen LogP contribution in [-0.4, -0.2) is 57.9 Å². The highest BCUT2D eigenvalue weighted by atomic mass is 32.1. The molecule has 0 aromatic heterocycles. The fraction of sp³-hybridized carbons (Fsp3) is 0.944. The second kappa shape index (κ2) is 29.1. The molecule has 0 aliphatic carbocycles. The van der Waals surface area contributed by atoms with Crippen LogP contribution in [0.25, 0.3) is 0 Å². The predicted octanol–water partition coefficient (Wildman–Crippen LogP) is 10.3. The van der Waals surface area contributed by atoms with Gasteiger partial charge in [-0.15, -0.1) is 0 Å². The van der Waals surface area contributed by atoms with Crippen molar-refractivity contribution in [2.75, 3.05) is 13.2 Å². The highest BCUT2D eigenvalue weighted by molar-refractivity contribution is 7.80. The quantitative estimate of drug-likeness (QED) is 0.0596. The van der Waals surface area contributed by atoms with E-state index in [1.165, 1.54) is 128 Å². The third-order valence-corrected chi connectivity index (χ3v) is 9.35. The monoisotopic (exact) mass is 644 g/mol. The molecule has 0 spiro atoms. The van der Waals surface area contributed by atoms with Gasteiger partial charge in [-0.25, -0.2) is 0 Å². The summed E-state index contributed by atoms with van der Waals surface area (Å²) in [6, 6.07) is 0. The Bertz CT molecular complexity index is 662. The molecule has 0 unspecified atom stereocenters. The smallest absolute Gasteiger partial charge is 0.160 e. The van der Waals surface area contributed by atoms with Gasteiger partial charge in [0.05, 0.1) is 13.2 Å². The summed E-state index contributed by atoms with van der Waals surface area (Å²) in [5.41, 5.74) is 0. The molecule has 2 N–H and O–H groups in total. The van der Waals surface area contributed by atoms with Crippen LogP contribution in [0.5, 0.6) is 0 Å². The summed E-state index contributed by atoms with van der Waals surface area (Å²) < 4.78 is 17.5. The van der Waals surface area contributed by atoms with Crippen LogP contribution in [0.3, 0.4) is 0 Å². The van der Waals surface area contributed by atoms with Crippen molar-refractivity contribution in [1.82, 2.24) is 0 Å². The summed E-state index contributed by atoms with van der Waals surface area (Å²) in [6.45, 7) is 4.50. The number of ether oxygens (including phenoxy) is 3. The molecule has 4 atom stereocenters. The van der Waals surface area contributed by atoms with E-state index in [0.29, 0.717) is 16.5 Å². The fourth-order valence-corrected chi connectivity index (χ4v) is 6.47. The maximum absolute atomic E-state index is 10.8. The molecule has 1 saturated heterocycles. The van der Waals surface area contributed by atoms with Crippen LogP contribution in [0.1, 0.15) is 181 Å². The topological polar surface area (TPSA) is 68.2 Å². The van der Waals surface area contributed by atoms with Crippen LogP contribution in [0.15, 0.2) is 0 Å². The molecular weight excluding hydrogens is 577 g/mol. The zero-order valence-corrected chi connectivity index (χ0v) is 29.7.